The van der Waals surface area contributed by atoms with E-state index in [9.17, 15) is 9.00 Å². The number of carbonyl (C=O) groups excluding carboxylic acids is 1. The predicted molar refractivity (Wildman–Crippen MR) is 125 cm³/mol. The molecule has 2 amide bonds. The zero-order valence-electron chi connectivity index (χ0n) is 17.9. The molecule has 1 spiro atoms. The number of urea groups is 1. The quantitative estimate of drug-likeness (QED) is 0.604. The number of amides is 2. The Kier molecular flexibility index (Phi) is 5.14. The third-order valence-corrected chi connectivity index (χ3v) is 8.44. The van der Waals surface area contributed by atoms with Crippen LogP contribution in [0.1, 0.15) is 31.4 Å². The third-order valence-electron chi connectivity index (χ3n) is 6.52. The summed E-state index contributed by atoms with van der Waals surface area (Å²) in [6.07, 6.45) is 5.75. The number of aromatic nitrogens is 3. The number of fused-ring (bicyclic) bond motifs is 1. The van der Waals surface area contributed by atoms with Gasteiger partial charge in [-0.2, -0.15) is 0 Å². The number of thiazole rings is 1. The number of nitrogens with one attached hydrogen (secondary N) is 2. The molecule has 0 radical (unpaired) electrons. The molecule has 2 fully saturated rings. The first-order valence-corrected chi connectivity index (χ1v) is 13.3. The second-order valence-electron chi connectivity index (χ2n) is 8.65. The molecule has 2 aliphatic heterocycles. The molecule has 168 valence electrons. The summed E-state index contributed by atoms with van der Waals surface area (Å²) >= 11 is 1.65. The molecule has 2 aliphatic rings. The lowest BCUT2D eigenvalue weighted by Gasteiger charge is -2.41. The van der Waals surface area contributed by atoms with Gasteiger partial charge >= 0.3 is 6.03 Å². The Labute approximate surface area is 190 Å². The Morgan fingerprint density at radius 1 is 1.22 bits per heavy atom. The van der Waals surface area contributed by atoms with Crippen molar-refractivity contribution in [2.75, 3.05) is 30.8 Å². The Balaban J connectivity index is 1.26. The van der Waals surface area contributed by atoms with E-state index < -0.39 is 9.73 Å². The predicted octanol–water partition coefficient (Wildman–Crippen LogP) is 3.25. The fourth-order valence-corrected chi connectivity index (χ4v) is 5.65. The summed E-state index contributed by atoms with van der Waals surface area (Å²) < 4.78 is 20.7. The van der Waals surface area contributed by atoms with Crippen molar-refractivity contribution >= 4 is 43.3 Å². The molecule has 2 atom stereocenters. The van der Waals surface area contributed by atoms with Crippen molar-refractivity contribution in [1.82, 2.24) is 25.2 Å². The van der Waals surface area contributed by atoms with Crippen LogP contribution in [0.5, 0.6) is 0 Å². The third kappa shape index (κ3) is 3.84. The van der Waals surface area contributed by atoms with Gasteiger partial charge < -0.3 is 5.32 Å². The first-order chi connectivity index (χ1) is 15.2. The van der Waals surface area contributed by atoms with E-state index in [4.69, 9.17) is 4.78 Å². The first kappa shape index (κ1) is 21.2. The summed E-state index contributed by atoms with van der Waals surface area (Å²) in [4.78, 5) is 29.8. The minimum absolute atomic E-state index is 0.212. The van der Waals surface area contributed by atoms with Crippen molar-refractivity contribution in [3.05, 3.63) is 41.7 Å². The average Bonchev–Trinajstić information content (AvgIpc) is 3.37. The molecular formula is C21H25N7O2S2. The highest BCUT2D eigenvalue weighted by Gasteiger charge is 2.46. The van der Waals surface area contributed by atoms with Gasteiger partial charge in [0.25, 0.3) is 0 Å². The van der Waals surface area contributed by atoms with Crippen LogP contribution in [0.2, 0.25) is 0 Å². The van der Waals surface area contributed by atoms with Crippen molar-refractivity contribution in [2.45, 2.75) is 36.2 Å². The van der Waals surface area contributed by atoms with Gasteiger partial charge in [0, 0.05) is 37.8 Å². The molecule has 4 heterocycles. The van der Waals surface area contributed by atoms with Gasteiger partial charge in [-0.3, -0.25) is 9.80 Å². The number of benzene rings is 1. The fraction of sp³-hybridized carbons (Fsp3) is 0.429. The first-order valence-electron chi connectivity index (χ1n) is 10.5. The topological polar surface area (TPSA) is 115 Å². The molecule has 1 aromatic carbocycles. The second kappa shape index (κ2) is 7.75. The molecule has 0 saturated carbocycles. The van der Waals surface area contributed by atoms with Crippen molar-refractivity contribution in [3.8, 4) is 0 Å². The number of anilines is 1. The van der Waals surface area contributed by atoms with Crippen molar-refractivity contribution in [3.63, 3.8) is 0 Å². The summed E-state index contributed by atoms with van der Waals surface area (Å²) in [5.41, 5.74) is 3.87. The van der Waals surface area contributed by atoms with Crippen molar-refractivity contribution in [1.29, 1.82) is 4.78 Å². The van der Waals surface area contributed by atoms with Crippen LogP contribution in [0.4, 0.5) is 10.7 Å². The maximum Gasteiger partial charge on any atom is 0.324 e. The van der Waals surface area contributed by atoms with Gasteiger partial charge in [-0.25, -0.2) is 28.7 Å². The van der Waals surface area contributed by atoms with E-state index in [2.05, 4.69) is 50.3 Å². The molecule has 0 aliphatic carbocycles. The van der Waals surface area contributed by atoms with Crippen LogP contribution >= 0.6 is 11.3 Å². The lowest BCUT2D eigenvalue weighted by atomic mass is 9.87. The van der Waals surface area contributed by atoms with E-state index in [0.29, 0.717) is 6.54 Å². The molecule has 11 heteroatoms. The van der Waals surface area contributed by atoms with Gasteiger partial charge in [0.05, 0.1) is 42.4 Å². The van der Waals surface area contributed by atoms with Crippen molar-refractivity contribution < 1.29 is 9.00 Å². The standard InChI is InChI=1S/C21H25N7O2S2/c1-14(15-3-4-18-17(9-15)25-13-31-18)27-7-5-21(6-8-27)12-28(20(29)26-21)19-23-10-16(11-24-19)32(2,22)30/h3-4,9-11,13-14,22H,5-8,12H2,1-2H3,(H,26,29). The average molecular weight is 472 g/mol. The minimum atomic E-state index is -2.88. The fourth-order valence-electron chi connectivity index (χ4n) is 4.49. The lowest BCUT2D eigenvalue weighted by molar-refractivity contribution is 0.121. The Hall–Kier alpha value is -2.63. The number of carbonyl (C=O) groups is 1. The zero-order chi connectivity index (χ0) is 22.5. The Bertz CT molecular complexity index is 1260. The largest absolute Gasteiger partial charge is 0.330 e. The number of hydrogen-bond donors (Lipinski definition) is 2. The number of hydrogen-bond acceptors (Lipinski definition) is 8. The zero-order valence-corrected chi connectivity index (χ0v) is 19.6. The van der Waals surface area contributed by atoms with Gasteiger partial charge in [-0.05, 0) is 37.5 Å². The number of rotatable bonds is 4. The van der Waals surface area contributed by atoms with Gasteiger partial charge in [0.1, 0.15) is 0 Å². The molecule has 0 bridgehead atoms. The lowest BCUT2D eigenvalue weighted by Crippen LogP contribution is -2.52. The highest BCUT2D eigenvalue weighted by atomic mass is 32.2. The number of piperidine rings is 1. The summed E-state index contributed by atoms with van der Waals surface area (Å²) in [6, 6.07) is 6.56. The monoisotopic (exact) mass is 471 g/mol. The number of likely N-dealkylation sites (tertiary alicyclic amines) is 1. The molecule has 9 nitrogen and oxygen atoms in total. The van der Waals surface area contributed by atoms with Crippen LogP contribution in [0.3, 0.4) is 0 Å². The van der Waals surface area contributed by atoms with E-state index >= 15 is 0 Å². The van der Waals surface area contributed by atoms with Gasteiger partial charge in [-0.15, -0.1) is 11.3 Å². The minimum Gasteiger partial charge on any atom is -0.330 e. The highest BCUT2D eigenvalue weighted by Crippen LogP contribution is 2.34. The Morgan fingerprint density at radius 3 is 2.62 bits per heavy atom. The highest BCUT2D eigenvalue weighted by molar-refractivity contribution is 7.91. The van der Waals surface area contributed by atoms with Crippen LogP contribution in [-0.2, 0) is 9.73 Å². The molecule has 2 N–H and O–H groups in total. The summed E-state index contributed by atoms with van der Waals surface area (Å²) in [5, 5.41) is 3.16. The Morgan fingerprint density at radius 2 is 1.94 bits per heavy atom. The molecule has 2 saturated heterocycles. The summed E-state index contributed by atoms with van der Waals surface area (Å²) in [7, 11) is -2.88. The second-order valence-corrected chi connectivity index (χ2v) is 11.7. The number of nitrogens with zero attached hydrogens (tertiary/aromatic N) is 5. The molecule has 5 rings (SSSR count). The van der Waals surface area contributed by atoms with E-state index in [-0.39, 0.29) is 28.5 Å². The molecule has 3 aromatic rings. The summed E-state index contributed by atoms with van der Waals surface area (Å²) in [5.74, 6) is 0.277. The summed E-state index contributed by atoms with van der Waals surface area (Å²) in [6.45, 7) is 4.47. The van der Waals surface area contributed by atoms with E-state index in [1.165, 1.54) is 28.9 Å². The van der Waals surface area contributed by atoms with Crippen LogP contribution in [-0.4, -0.2) is 61.5 Å². The molecular weight excluding hydrogens is 446 g/mol. The van der Waals surface area contributed by atoms with Gasteiger partial charge in [0.2, 0.25) is 5.95 Å². The smallest absolute Gasteiger partial charge is 0.324 e. The van der Waals surface area contributed by atoms with E-state index in [1.54, 1.807) is 16.2 Å². The molecule has 2 unspecified atom stereocenters. The van der Waals surface area contributed by atoms with E-state index in [0.717, 1.165) is 31.4 Å². The SMILES string of the molecule is CC(c1ccc2scnc2c1)N1CCC2(CC1)CN(c1ncc(S(C)(=N)=O)cn1)C(=O)N2. The van der Waals surface area contributed by atoms with Crippen molar-refractivity contribution in [2.24, 2.45) is 0 Å². The van der Waals surface area contributed by atoms with Crippen LogP contribution in [0, 0.1) is 4.78 Å². The van der Waals surface area contributed by atoms with E-state index in [1.807, 2.05) is 5.51 Å². The van der Waals surface area contributed by atoms with Gasteiger partial charge in [-0.1, -0.05) is 6.07 Å². The van der Waals surface area contributed by atoms with Crippen LogP contribution < -0.4 is 10.2 Å². The molecule has 2 aromatic heterocycles. The van der Waals surface area contributed by atoms with Gasteiger partial charge in [0.15, 0.2) is 0 Å². The normalized spacial score (nSPS) is 21.6. The maximum atomic E-state index is 12.7. The van der Waals surface area contributed by atoms with Crippen LogP contribution in [0.25, 0.3) is 10.2 Å². The molecule has 32 heavy (non-hydrogen) atoms. The van der Waals surface area contributed by atoms with Crippen LogP contribution in [0.15, 0.2) is 41.0 Å². The maximum absolute atomic E-state index is 12.7.